The Labute approximate surface area is 115 Å². The average molecular weight is 288 g/mol. The summed E-state index contributed by atoms with van der Waals surface area (Å²) in [4.78, 5) is 0.309. The van der Waals surface area contributed by atoms with Crippen LogP contribution in [0, 0.1) is 6.92 Å². The molecule has 0 amide bonds. The Morgan fingerprint density at radius 1 is 1.42 bits per heavy atom. The summed E-state index contributed by atoms with van der Waals surface area (Å²) in [5.41, 5.74) is 1.13. The van der Waals surface area contributed by atoms with Crippen LogP contribution in [0.3, 0.4) is 0 Å². The number of hydrogen-bond donors (Lipinski definition) is 2. The van der Waals surface area contributed by atoms with Crippen LogP contribution in [0.15, 0.2) is 4.90 Å². The van der Waals surface area contributed by atoms with Crippen LogP contribution < -0.4 is 5.32 Å². The highest BCUT2D eigenvalue weighted by molar-refractivity contribution is 7.89. The molecule has 1 aromatic heterocycles. The molecule has 0 spiro atoms. The van der Waals surface area contributed by atoms with Gasteiger partial charge < -0.3 is 5.32 Å². The predicted octanol–water partition coefficient (Wildman–Crippen LogP) is 1.25. The highest BCUT2D eigenvalue weighted by Gasteiger charge is 2.31. The summed E-state index contributed by atoms with van der Waals surface area (Å²) >= 11 is 0. The summed E-state index contributed by atoms with van der Waals surface area (Å²) in [6.45, 7) is 8.44. The zero-order chi connectivity index (χ0) is 14.6. The largest absolute Gasteiger partial charge is 0.314 e. The van der Waals surface area contributed by atoms with Gasteiger partial charge in [-0.2, -0.15) is 9.40 Å². The molecule has 7 heteroatoms. The number of aryl methyl sites for hydroxylation is 1. The Kier molecular flexibility index (Phi) is 5.51. The zero-order valence-electron chi connectivity index (χ0n) is 12.3. The van der Waals surface area contributed by atoms with E-state index in [9.17, 15) is 8.42 Å². The van der Waals surface area contributed by atoms with Gasteiger partial charge in [-0.1, -0.05) is 6.92 Å². The van der Waals surface area contributed by atoms with E-state index in [1.54, 1.807) is 14.0 Å². The van der Waals surface area contributed by atoms with Crippen LogP contribution in [0.25, 0.3) is 0 Å². The van der Waals surface area contributed by atoms with Crippen molar-refractivity contribution in [2.24, 2.45) is 0 Å². The van der Waals surface area contributed by atoms with Crippen molar-refractivity contribution in [3.63, 3.8) is 0 Å². The van der Waals surface area contributed by atoms with Crippen LogP contribution in [0.5, 0.6) is 0 Å². The molecule has 0 saturated carbocycles. The first kappa shape index (κ1) is 16.1. The monoisotopic (exact) mass is 288 g/mol. The van der Waals surface area contributed by atoms with Crippen molar-refractivity contribution in [1.82, 2.24) is 19.8 Å². The summed E-state index contributed by atoms with van der Waals surface area (Å²) in [5, 5.41) is 9.79. The van der Waals surface area contributed by atoms with Crippen molar-refractivity contribution in [2.45, 2.75) is 51.6 Å². The van der Waals surface area contributed by atoms with E-state index in [1.165, 1.54) is 4.31 Å². The Morgan fingerprint density at radius 3 is 2.53 bits per heavy atom. The molecule has 1 heterocycles. The number of hydrogen-bond acceptors (Lipinski definition) is 4. The maximum absolute atomic E-state index is 12.8. The van der Waals surface area contributed by atoms with Crippen molar-refractivity contribution in [1.29, 1.82) is 0 Å². The molecule has 0 aliphatic heterocycles. The lowest BCUT2D eigenvalue weighted by atomic mass is 10.3. The fourth-order valence-electron chi connectivity index (χ4n) is 2.09. The molecule has 0 aliphatic rings. The molecule has 0 bridgehead atoms. The molecule has 19 heavy (non-hydrogen) atoms. The van der Waals surface area contributed by atoms with E-state index in [1.807, 2.05) is 20.8 Å². The molecular formula is C12H24N4O2S. The maximum Gasteiger partial charge on any atom is 0.247 e. The molecule has 0 aliphatic carbocycles. The lowest BCUT2D eigenvalue weighted by molar-refractivity contribution is 0.353. The Bertz CT molecular complexity index is 508. The minimum absolute atomic E-state index is 0.0679. The normalized spacial score (nSPS) is 12.6. The molecule has 1 aromatic rings. The summed E-state index contributed by atoms with van der Waals surface area (Å²) in [7, 11) is -1.73. The van der Waals surface area contributed by atoms with Crippen LogP contribution in [0.1, 0.15) is 38.6 Å². The third-order valence-electron chi connectivity index (χ3n) is 2.89. The van der Waals surface area contributed by atoms with Gasteiger partial charge in [0, 0.05) is 19.1 Å². The second kappa shape index (κ2) is 6.49. The zero-order valence-corrected chi connectivity index (χ0v) is 13.1. The van der Waals surface area contributed by atoms with Gasteiger partial charge in [0.25, 0.3) is 0 Å². The van der Waals surface area contributed by atoms with E-state index in [2.05, 4.69) is 15.5 Å². The first-order chi connectivity index (χ1) is 8.86. The third kappa shape index (κ3) is 3.34. The molecule has 2 N–H and O–H groups in total. The molecular weight excluding hydrogens is 264 g/mol. The van der Waals surface area contributed by atoms with Crippen molar-refractivity contribution < 1.29 is 8.42 Å². The second-order valence-corrected chi connectivity index (χ2v) is 6.69. The number of aromatic amines is 1. The van der Waals surface area contributed by atoms with Gasteiger partial charge >= 0.3 is 0 Å². The number of rotatable bonds is 7. The standard InChI is InChI=1S/C12H24N4O2S/c1-6-7-16(9(2)3)19(17,18)12-10(4)14-15-11(12)8-13-5/h9,13H,6-8H2,1-5H3,(H,14,15). The van der Waals surface area contributed by atoms with Crippen molar-refractivity contribution in [2.75, 3.05) is 13.6 Å². The molecule has 0 unspecified atom stereocenters. The summed E-state index contributed by atoms with van der Waals surface area (Å²) in [5.74, 6) is 0. The fourth-order valence-corrected chi connectivity index (χ4v) is 4.15. The Hall–Kier alpha value is -0.920. The van der Waals surface area contributed by atoms with Gasteiger partial charge in [-0.25, -0.2) is 8.42 Å². The van der Waals surface area contributed by atoms with Crippen LogP contribution in [-0.2, 0) is 16.6 Å². The van der Waals surface area contributed by atoms with E-state index < -0.39 is 10.0 Å². The van der Waals surface area contributed by atoms with Crippen LogP contribution in [0.2, 0.25) is 0 Å². The highest BCUT2D eigenvalue weighted by atomic mass is 32.2. The van der Waals surface area contributed by atoms with Crippen LogP contribution in [0.4, 0.5) is 0 Å². The summed E-state index contributed by atoms with van der Waals surface area (Å²) in [6.07, 6.45) is 0.787. The number of H-pyrrole nitrogens is 1. The minimum atomic E-state index is -3.50. The van der Waals surface area contributed by atoms with E-state index in [4.69, 9.17) is 0 Å². The number of aromatic nitrogens is 2. The number of sulfonamides is 1. The number of nitrogens with one attached hydrogen (secondary N) is 2. The van der Waals surface area contributed by atoms with Gasteiger partial charge in [-0.15, -0.1) is 0 Å². The molecule has 0 saturated heterocycles. The molecule has 0 radical (unpaired) electrons. The van der Waals surface area contributed by atoms with Crippen molar-refractivity contribution >= 4 is 10.0 Å². The smallest absolute Gasteiger partial charge is 0.247 e. The predicted molar refractivity (Wildman–Crippen MR) is 75.4 cm³/mol. The van der Waals surface area contributed by atoms with Gasteiger partial charge in [0.15, 0.2) is 0 Å². The lowest BCUT2D eigenvalue weighted by Crippen LogP contribution is -2.38. The molecule has 0 fully saturated rings. The molecule has 1 rings (SSSR count). The molecule has 110 valence electrons. The minimum Gasteiger partial charge on any atom is -0.314 e. The van der Waals surface area contributed by atoms with Crippen molar-refractivity contribution in [3.05, 3.63) is 11.4 Å². The second-order valence-electron chi connectivity index (χ2n) is 4.86. The Balaban J connectivity index is 3.28. The maximum atomic E-state index is 12.8. The van der Waals surface area contributed by atoms with Gasteiger partial charge in [0.2, 0.25) is 10.0 Å². The first-order valence-corrected chi connectivity index (χ1v) is 8.00. The van der Waals surface area contributed by atoms with Crippen molar-refractivity contribution in [3.8, 4) is 0 Å². The summed E-state index contributed by atoms with van der Waals surface area (Å²) < 4.78 is 27.1. The van der Waals surface area contributed by atoms with E-state index in [0.29, 0.717) is 29.4 Å². The van der Waals surface area contributed by atoms with E-state index in [0.717, 1.165) is 6.42 Å². The SMILES string of the molecule is CCCN(C(C)C)S(=O)(=O)c1c(CNC)n[nH]c1C. The van der Waals surface area contributed by atoms with Gasteiger partial charge in [-0.3, -0.25) is 5.10 Å². The van der Waals surface area contributed by atoms with Crippen LogP contribution in [-0.4, -0.2) is 42.6 Å². The quantitative estimate of drug-likeness (QED) is 0.791. The van der Waals surface area contributed by atoms with Gasteiger partial charge in [0.1, 0.15) is 4.90 Å². The highest BCUT2D eigenvalue weighted by Crippen LogP contribution is 2.24. The Morgan fingerprint density at radius 2 is 2.05 bits per heavy atom. The lowest BCUT2D eigenvalue weighted by Gasteiger charge is -2.25. The van der Waals surface area contributed by atoms with Crippen LogP contribution >= 0.6 is 0 Å². The third-order valence-corrected chi connectivity index (χ3v) is 5.17. The fraction of sp³-hybridized carbons (Fsp3) is 0.750. The first-order valence-electron chi connectivity index (χ1n) is 6.56. The number of nitrogens with zero attached hydrogens (tertiary/aromatic N) is 2. The topological polar surface area (TPSA) is 78.1 Å². The molecule has 6 nitrogen and oxygen atoms in total. The van der Waals surface area contributed by atoms with Gasteiger partial charge in [0.05, 0.1) is 11.4 Å². The molecule has 0 aromatic carbocycles. The molecule has 0 atom stereocenters. The van der Waals surface area contributed by atoms with E-state index in [-0.39, 0.29) is 6.04 Å². The van der Waals surface area contributed by atoms with Gasteiger partial charge in [-0.05, 0) is 34.2 Å². The van der Waals surface area contributed by atoms with E-state index >= 15 is 0 Å². The average Bonchev–Trinajstić information content (AvgIpc) is 2.68. The summed E-state index contributed by atoms with van der Waals surface area (Å²) in [6, 6.07) is -0.0679.